The van der Waals surface area contributed by atoms with E-state index in [0.29, 0.717) is 6.07 Å². The first-order valence-electron chi connectivity index (χ1n) is 5.89. The van der Waals surface area contributed by atoms with E-state index in [0.717, 1.165) is 6.07 Å². The van der Waals surface area contributed by atoms with Crippen LogP contribution in [-0.2, 0) is 0 Å². The lowest BCUT2D eigenvalue weighted by atomic mass is 9.97. The first kappa shape index (κ1) is 15.5. The molecule has 0 aliphatic carbocycles. The summed E-state index contributed by atoms with van der Waals surface area (Å²) in [7, 11) is 0. The molecule has 1 rings (SSSR count). The van der Waals surface area contributed by atoms with Crippen LogP contribution in [0.1, 0.15) is 29.3 Å². The van der Waals surface area contributed by atoms with Crippen molar-refractivity contribution < 1.29 is 23.8 Å². The molecule has 0 aliphatic heterocycles. The highest BCUT2D eigenvalue weighted by Crippen LogP contribution is 2.16. The van der Waals surface area contributed by atoms with Crippen LogP contribution in [0, 0.1) is 18.6 Å². The van der Waals surface area contributed by atoms with E-state index in [1.807, 2.05) is 0 Å². The van der Waals surface area contributed by atoms with Gasteiger partial charge in [0.15, 0.2) is 0 Å². The molecule has 0 spiro atoms. The molecular weight excluding hydrogens is 256 g/mol. The van der Waals surface area contributed by atoms with Crippen molar-refractivity contribution in [2.45, 2.75) is 25.8 Å². The summed E-state index contributed by atoms with van der Waals surface area (Å²) >= 11 is 0. The SMILES string of the molecule is CCC(CO)(CO)NC(=O)c1cc(C)c(F)cc1F. The Kier molecular flexibility index (Phi) is 4.97. The smallest absolute Gasteiger partial charge is 0.254 e. The topological polar surface area (TPSA) is 69.6 Å². The Morgan fingerprint density at radius 1 is 1.26 bits per heavy atom. The molecular formula is C13H17F2NO3. The number of aliphatic hydroxyl groups excluding tert-OH is 2. The van der Waals surface area contributed by atoms with Gasteiger partial charge in [-0.05, 0) is 25.0 Å². The van der Waals surface area contributed by atoms with Gasteiger partial charge in [0.2, 0.25) is 0 Å². The molecule has 0 heterocycles. The van der Waals surface area contributed by atoms with Gasteiger partial charge in [-0.1, -0.05) is 6.92 Å². The van der Waals surface area contributed by atoms with E-state index in [4.69, 9.17) is 0 Å². The average molecular weight is 273 g/mol. The summed E-state index contributed by atoms with van der Waals surface area (Å²) in [4.78, 5) is 11.9. The predicted octanol–water partition coefficient (Wildman–Crippen LogP) is 1.14. The van der Waals surface area contributed by atoms with E-state index in [-0.39, 0.29) is 17.5 Å². The normalized spacial score (nSPS) is 11.5. The van der Waals surface area contributed by atoms with Crippen LogP contribution in [0.4, 0.5) is 8.78 Å². The van der Waals surface area contributed by atoms with Crippen LogP contribution in [-0.4, -0.2) is 34.9 Å². The lowest BCUT2D eigenvalue weighted by molar-refractivity contribution is 0.0649. The molecule has 0 aromatic heterocycles. The maximum absolute atomic E-state index is 13.5. The zero-order chi connectivity index (χ0) is 14.6. The highest BCUT2D eigenvalue weighted by atomic mass is 19.1. The third-order valence-corrected chi connectivity index (χ3v) is 3.15. The molecule has 6 heteroatoms. The molecule has 0 bridgehead atoms. The molecule has 0 aliphatic rings. The molecule has 1 aromatic carbocycles. The number of nitrogens with one attached hydrogen (secondary N) is 1. The molecule has 0 saturated heterocycles. The number of rotatable bonds is 5. The number of hydrogen-bond acceptors (Lipinski definition) is 3. The molecule has 19 heavy (non-hydrogen) atoms. The lowest BCUT2D eigenvalue weighted by Crippen LogP contribution is -2.54. The van der Waals surface area contributed by atoms with Gasteiger partial charge >= 0.3 is 0 Å². The fourth-order valence-electron chi connectivity index (χ4n) is 1.58. The first-order valence-corrected chi connectivity index (χ1v) is 5.89. The second kappa shape index (κ2) is 6.08. The lowest BCUT2D eigenvalue weighted by Gasteiger charge is -2.29. The van der Waals surface area contributed by atoms with Gasteiger partial charge in [0.1, 0.15) is 11.6 Å². The van der Waals surface area contributed by atoms with Crippen LogP contribution in [0.2, 0.25) is 0 Å². The minimum atomic E-state index is -1.22. The monoisotopic (exact) mass is 273 g/mol. The minimum absolute atomic E-state index is 0.140. The van der Waals surface area contributed by atoms with Crippen molar-refractivity contribution in [2.24, 2.45) is 0 Å². The Bertz CT molecular complexity index is 465. The summed E-state index contributed by atoms with van der Waals surface area (Å²) < 4.78 is 26.6. The summed E-state index contributed by atoms with van der Waals surface area (Å²) in [5, 5.41) is 20.8. The van der Waals surface area contributed by atoms with Gasteiger partial charge < -0.3 is 15.5 Å². The van der Waals surface area contributed by atoms with Gasteiger partial charge in [0, 0.05) is 6.07 Å². The number of benzene rings is 1. The molecule has 106 valence electrons. The Morgan fingerprint density at radius 2 is 1.84 bits per heavy atom. The summed E-state index contributed by atoms with van der Waals surface area (Å²) in [5.41, 5.74) is -1.40. The number of halogens is 2. The number of carbonyl (C=O) groups is 1. The summed E-state index contributed by atoms with van der Waals surface area (Å²) in [6.07, 6.45) is 0.271. The Balaban J connectivity index is 3.04. The first-order chi connectivity index (χ1) is 8.89. The van der Waals surface area contributed by atoms with Crippen molar-refractivity contribution in [2.75, 3.05) is 13.2 Å². The van der Waals surface area contributed by atoms with Crippen molar-refractivity contribution in [3.8, 4) is 0 Å². The Morgan fingerprint density at radius 3 is 2.32 bits per heavy atom. The second-order valence-electron chi connectivity index (χ2n) is 4.49. The van der Waals surface area contributed by atoms with Crippen molar-refractivity contribution >= 4 is 5.91 Å². The van der Waals surface area contributed by atoms with Crippen LogP contribution in [0.15, 0.2) is 12.1 Å². The van der Waals surface area contributed by atoms with Gasteiger partial charge in [0.25, 0.3) is 5.91 Å². The van der Waals surface area contributed by atoms with Crippen molar-refractivity contribution in [3.05, 3.63) is 34.9 Å². The number of amides is 1. The summed E-state index contributed by atoms with van der Waals surface area (Å²) in [5.74, 6) is -2.52. The largest absolute Gasteiger partial charge is 0.394 e. The molecule has 0 fully saturated rings. The predicted molar refractivity (Wildman–Crippen MR) is 65.8 cm³/mol. The molecule has 3 N–H and O–H groups in total. The zero-order valence-electron chi connectivity index (χ0n) is 10.8. The molecule has 1 aromatic rings. The van der Waals surface area contributed by atoms with Crippen molar-refractivity contribution in [3.63, 3.8) is 0 Å². The maximum atomic E-state index is 13.5. The van der Waals surface area contributed by atoms with E-state index in [1.165, 1.54) is 6.92 Å². The number of carbonyl (C=O) groups excluding carboxylic acids is 1. The molecule has 0 atom stereocenters. The zero-order valence-corrected chi connectivity index (χ0v) is 10.8. The third-order valence-electron chi connectivity index (χ3n) is 3.15. The van der Waals surface area contributed by atoms with Crippen LogP contribution in [0.5, 0.6) is 0 Å². The Labute approximate surface area is 110 Å². The van der Waals surface area contributed by atoms with Crippen LogP contribution >= 0.6 is 0 Å². The van der Waals surface area contributed by atoms with Gasteiger partial charge in [0.05, 0.1) is 24.3 Å². The number of aryl methyl sites for hydroxylation is 1. The molecule has 0 radical (unpaired) electrons. The van der Waals surface area contributed by atoms with Gasteiger partial charge in [-0.2, -0.15) is 0 Å². The van der Waals surface area contributed by atoms with E-state index in [9.17, 15) is 23.8 Å². The highest BCUT2D eigenvalue weighted by molar-refractivity contribution is 5.95. The molecule has 1 amide bonds. The molecule has 0 unspecified atom stereocenters. The average Bonchev–Trinajstić information content (AvgIpc) is 2.40. The van der Waals surface area contributed by atoms with Crippen molar-refractivity contribution in [1.82, 2.24) is 5.32 Å². The quantitative estimate of drug-likeness (QED) is 0.753. The van der Waals surface area contributed by atoms with Crippen LogP contribution in [0.25, 0.3) is 0 Å². The fraction of sp³-hybridized carbons (Fsp3) is 0.462. The maximum Gasteiger partial charge on any atom is 0.254 e. The van der Waals surface area contributed by atoms with Crippen molar-refractivity contribution in [1.29, 1.82) is 0 Å². The summed E-state index contributed by atoms with van der Waals surface area (Å²) in [6, 6.07) is 1.73. The number of aliphatic hydroxyl groups is 2. The minimum Gasteiger partial charge on any atom is -0.394 e. The standard InChI is InChI=1S/C13H17F2NO3/c1-3-13(6-17,7-18)16-12(19)9-4-8(2)10(14)5-11(9)15/h4-5,17-18H,3,6-7H2,1-2H3,(H,16,19). The fourth-order valence-corrected chi connectivity index (χ4v) is 1.58. The van der Waals surface area contributed by atoms with E-state index in [1.54, 1.807) is 6.92 Å². The van der Waals surface area contributed by atoms with Gasteiger partial charge in [-0.25, -0.2) is 8.78 Å². The molecule has 4 nitrogen and oxygen atoms in total. The van der Waals surface area contributed by atoms with Gasteiger partial charge in [-0.3, -0.25) is 4.79 Å². The van der Waals surface area contributed by atoms with Crippen LogP contribution in [0.3, 0.4) is 0 Å². The second-order valence-corrected chi connectivity index (χ2v) is 4.49. The molecule has 0 saturated carbocycles. The summed E-state index contributed by atoms with van der Waals surface area (Å²) in [6.45, 7) is 2.12. The third kappa shape index (κ3) is 3.27. The van der Waals surface area contributed by atoms with Gasteiger partial charge in [-0.15, -0.1) is 0 Å². The Hall–Kier alpha value is -1.53. The van der Waals surface area contributed by atoms with E-state index < -0.39 is 36.3 Å². The highest BCUT2D eigenvalue weighted by Gasteiger charge is 2.30. The number of hydrogen-bond donors (Lipinski definition) is 3. The van der Waals surface area contributed by atoms with E-state index in [2.05, 4.69) is 5.32 Å². The van der Waals surface area contributed by atoms with E-state index >= 15 is 0 Å². The van der Waals surface area contributed by atoms with Crippen LogP contribution < -0.4 is 5.32 Å².